The molecule has 2 amide bonds. The normalized spacial score (nSPS) is 18.3. The standard InChI is InChI=1S/C17H25NO6/c1-10(2)7-12(17(4,5)6)16(22)23-9-14(21)18-13(20)8-15(18)24-11(3)19/h7,12,15H,8-9H2,1-6H3. The van der Waals surface area contributed by atoms with E-state index in [4.69, 9.17) is 9.47 Å². The molecule has 1 saturated heterocycles. The number of carbonyl (C=O) groups is 4. The van der Waals surface area contributed by atoms with Gasteiger partial charge in [-0.2, -0.15) is 0 Å². The molecule has 2 unspecified atom stereocenters. The molecule has 0 aromatic rings. The minimum atomic E-state index is -0.905. The van der Waals surface area contributed by atoms with Gasteiger partial charge >= 0.3 is 11.9 Å². The van der Waals surface area contributed by atoms with E-state index in [1.54, 1.807) is 6.08 Å². The van der Waals surface area contributed by atoms with Crippen LogP contribution in [0.3, 0.4) is 0 Å². The fraction of sp³-hybridized carbons (Fsp3) is 0.647. The Balaban J connectivity index is 2.68. The van der Waals surface area contributed by atoms with Crippen LogP contribution in [0.5, 0.6) is 0 Å². The Morgan fingerprint density at radius 1 is 1.25 bits per heavy atom. The average Bonchev–Trinajstić information content (AvgIpc) is 2.39. The van der Waals surface area contributed by atoms with Gasteiger partial charge in [0.25, 0.3) is 5.91 Å². The van der Waals surface area contributed by atoms with Gasteiger partial charge in [0.05, 0.1) is 12.3 Å². The molecule has 0 saturated carbocycles. The largest absolute Gasteiger partial charge is 0.455 e. The Kier molecular flexibility index (Phi) is 6.29. The first-order valence-electron chi connectivity index (χ1n) is 7.77. The van der Waals surface area contributed by atoms with Crippen molar-refractivity contribution in [2.24, 2.45) is 11.3 Å². The van der Waals surface area contributed by atoms with Crippen LogP contribution in [0.4, 0.5) is 0 Å². The zero-order valence-electron chi connectivity index (χ0n) is 15.0. The monoisotopic (exact) mass is 339 g/mol. The summed E-state index contributed by atoms with van der Waals surface area (Å²) < 4.78 is 9.93. The molecular formula is C17H25NO6. The van der Waals surface area contributed by atoms with Crippen molar-refractivity contribution in [2.45, 2.75) is 54.2 Å². The minimum Gasteiger partial charge on any atom is -0.455 e. The van der Waals surface area contributed by atoms with Gasteiger partial charge in [-0.3, -0.25) is 19.2 Å². The smallest absolute Gasteiger partial charge is 0.313 e. The van der Waals surface area contributed by atoms with Gasteiger partial charge in [-0.05, 0) is 19.3 Å². The van der Waals surface area contributed by atoms with Gasteiger partial charge in [0.1, 0.15) is 0 Å². The van der Waals surface area contributed by atoms with Crippen LogP contribution >= 0.6 is 0 Å². The van der Waals surface area contributed by atoms with Gasteiger partial charge in [0.15, 0.2) is 12.8 Å². The Morgan fingerprint density at radius 3 is 2.25 bits per heavy atom. The molecule has 7 heteroatoms. The first-order valence-corrected chi connectivity index (χ1v) is 7.77. The summed E-state index contributed by atoms with van der Waals surface area (Å²) in [6, 6.07) is 0. The van der Waals surface area contributed by atoms with Crippen molar-refractivity contribution in [3.05, 3.63) is 11.6 Å². The van der Waals surface area contributed by atoms with E-state index in [1.807, 2.05) is 34.6 Å². The predicted molar refractivity (Wildman–Crippen MR) is 85.4 cm³/mol. The molecule has 1 fully saturated rings. The second kappa shape index (κ2) is 7.59. The maximum absolute atomic E-state index is 12.3. The van der Waals surface area contributed by atoms with E-state index in [9.17, 15) is 19.2 Å². The number of likely N-dealkylation sites (tertiary alicyclic amines) is 1. The number of carbonyl (C=O) groups excluding carboxylic acids is 4. The third kappa shape index (κ3) is 5.18. The van der Waals surface area contributed by atoms with Gasteiger partial charge in [-0.15, -0.1) is 0 Å². The predicted octanol–water partition coefficient (Wildman–Crippen LogP) is 1.81. The number of allylic oxidation sites excluding steroid dienone is 1. The molecule has 134 valence electrons. The molecular weight excluding hydrogens is 314 g/mol. The molecule has 0 aromatic heterocycles. The number of hydrogen-bond donors (Lipinski definition) is 0. The highest BCUT2D eigenvalue weighted by molar-refractivity contribution is 6.01. The van der Waals surface area contributed by atoms with Crippen molar-refractivity contribution in [1.82, 2.24) is 4.90 Å². The number of rotatable bonds is 5. The molecule has 0 aliphatic carbocycles. The molecule has 0 radical (unpaired) electrons. The maximum atomic E-state index is 12.3. The quantitative estimate of drug-likeness (QED) is 0.431. The highest BCUT2D eigenvalue weighted by Gasteiger charge is 2.43. The Bertz CT molecular complexity index is 568. The van der Waals surface area contributed by atoms with E-state index in [0.29, 0.717) is 0 Å². The van der Waals surface area contributed by atoms with Crippen LogP contribution in [-0.2, 0) is 28.7 Å². The third-order valence-corrected chi connectivity index (χ3v) is 3.50. The summed E-state index contributed by atoms with van der Waals surface area (Å²) in [4.78, 5) is 47.6. The molecule has 0 aromatic carbocycles. The summed E-state index contributed by atoms with van der Waals surface area (Å²) in [6.07, 6.45) is 0.850. The lowest BCUT2D eigenvalue weighted by molar-refractivity contribution is -0.189. The number of β-lactam (4-membered cyclic amide) rings is 1. The Morgan fingerprint density at radius 2 is 1.83 bits per heavy atom. The number of hydrogen-bond acceptors (Lipinski definition) is 6. The van der Waals surface area contributed by atoms with Crippen LogP contribution in [0.1, 0.15) is 48.0 Å². The fourth-order valence-electron chi connectivity index (χ4n) is 2.27. The topological polar surface area (TPSA) is 90.0 Å². The zero-order chi connectivity index (χ0) is 18.7. The molecule has 0 spiro atoms. The van der Waals surface area contributed by atoms with Crippen LogP contribution in [0, 0.1) is 11.3 Å². The van der Waals surface area contributed by atoms with Gasteiger partial charge in [0, 0.05) is 6.92 Å². The van der Waals surface area contributed by atoms with Gasteiger partial charge < -0.3 is 9.47 Å². The van der Waals surface area contributed by atoms with Gasteiger partial charge in [0.2, 0.25) is 5.91 Å². The van der Waals surface area contributed by atoms with Crippen molar-refractivity contribution in [1.29, 1.82) is 0 Å². The molecule has 1 aliphatic heterocycles. The van der Waals surface area contributed by atoms with Crippen LogP contribution in [0.2, 0.25) is 0 Å². The van der Waals surface area contributed by atoms with Crippen LogP contribution in [0.15, 0.2) is 11.6 Å². The number of imide groups is 1. The second-order valence-corrected chi connectivity index (χ2v) is 7.12. The van der Waals surface area contributed by atoms with E-state index in [1.165, 1.54) is 6.92 Å². The van der Waals surface area contributed by atoms with E-state index in [-0.39, 0.29) is 11.8 Å². The van der Waals surface area contributed by atoms with Crippen molar-refractivity contribution in [2.75, 3.05) is 6.61 Å². The highest BCUT2D eigenvalue weighted by Crippen LogP contribution is 2.29. The summed E-state index contributed by atoms with van der Waals surface area (Å²) in [5, 5.41) is 0. The van der Waals surface area contributed by atoms with E-state index < -0.39 is 42.5 Å². The third-order valence-electron chi connectivity index (χ3n) is 3.50. The van der Waals surface area contributed by atoms with Crippen molar-refractivity contribution < 1.29 is 28.7 Å². The van der Waals surface area contributed by atoms with Crippen LogP contribution in [-0.4, -0.2) is 41.5 Å². The van der Waals surface area contributed by atoms with Crippen molar-refractivity contribution in [3.8, 4) is 0 Å². The fourth-order valence-corrected chi connectivity index (χ4v) is 2.27. The molecule has 0 N–H and O–H groups in total. The SMILES string of the molecule is CC(=O)OC1CC(=O)N1C(=O)COC(=O)C(C=C(C)C)C(C)(C)C. The summed E-state index contributed by atoms with van der Waals surface area (Å²) >= 11 is 0. The van der Waals surface area contributed by atoms with Gasteiger partial charge in [-0.25, -0.2) is 4.90 Å². The summed E-state index contributed by atoms with van der Waals surface area (Å²) in [5.74, 6) is -2.78. The molecule has 1 aliphatic rings. The Hall–Kier alpha value is -2.18. The maximum Gasteiger partial charge on any atom is 0.313 e. The zero-order valence-corrected chi connectivity index (χ0v) is 15.0. The molecule has 1 rings (SSSR count). The second-order valence-electron chi connectivity index (χ2n) is 7.12. The Labute approximate surface area is 142 Å². The average molecular weight is 339 g/mol. The summed E-state index contributed by atoms with van der Waals surface area (Å²) in [6.45, 7) is 10.1. The van der Waals surface area contributed by atoms with Crippen molar-refractivity contribution >= 4 is 23.8 Å². The number of esters is 2. The van der Waals surface area contributed by atoms with Gasteiger partial charge in [-0.1, -0.05) is 32.4 Å². The van der Waals surface area contributed by atoms with Crippen LogP contribution < -0.4 is 0 Å². The lowest BCUT2D eigenvalue weighted by Crippen LogP contribution is -2.58. The molecule has 2 atom stereocenters. The van der Waals surface area contributed by atoms with E-state index >= 15 is 0 Å². The van der Waals surface area contributed by atoms with E-state index in [0.717, 1.165) is 10.5 Å². The molecule has 7 nitrogen and oxygen atoms in total. The van der Waals surface area contributed by atoms with E-state index in [2.05, 4.69) is 0 Å². The molecule has 0 bridgehead atoms. The minimum absolute atomic E-state index is 0.0400. The van der Waals surface area contributed by atoms with Crippen LogP contribution in [0.25, 0.3) is 0 Å². The number of amides is 2. The molecule has 24 heavy (non-hydrogen) atoms. The van der Waals surface area contributed by atoms with Crippen molar-refractivity contribution in [3.63, 3.8) is 0 Å². The lowest BCUT2D eigenvalue weighted by atomic mass is 9.80. The first-order chi connectivity index (χ1) is 10.9. The number of ether oxygens (including phenoxy) is 2. The summed E-state index contributed by atoms with van der Waals surface area (Å²) in [5.41, 5.74) is 0.593. The highest BCUT2D eigenvalue weighted by atomic mass is 16.6. The lowest BCUT2D eigenvalue weighted by Gasteiger charge is -2.37. The molecule has 1 heterocycles. The summed E-state index contributed by atoms with van der Waals surface area (Å²) in [7, 11) is 0. The first kappa shape index (κ1) is 19.9. The number of nitrogens with zero attached hydrogens (tertiary/aromatic N) is 1.